The van der Waals surface area contributed by atoms with Crippen molar-refractivity contribution in [2.75, 3.05) is 6.54 Å². The molecule has 1 heterocycles. The average Bonchev–Trinajstić information content (AvgIpc) is 2.81. The Balaban J connectivity index is 2.47. The largest absolute Gasteiger partial charge is 0.305 e. The highest BCUT2D eigenvalue weighted by Gasteiger charge is 2.21. The number of aryl methyl sites for hydroxylation is 1. The maximum absolute atomic E-state index is 6.17. The molecule has 0 spiro atoms. The number of aromatic nitrogens is 2. The first-order valence-corrected chi connectivity index (χ1v) is 8.52. The van der Waals surface area contributed by atoms with Crippen LogP contribution in [-0.2, 0) is 6.54 Å². The minimum absolute atomic E-state index is 0.0215. The molecule has 2 rings (SSSR count). The summed E-state index contributed by atoms with van der Waals surface area (Å²) in [5, 5.41) is 9.07. The smallest absolute Gasteiger partial charge is 0.0760 e. The van der Waals surface area contributed by atoms with Gasteiger partial charge in [-0.15, -0.1) is 0 Å². The van der Waals surface area contributed by atoms with Gasteiger partial charge in [-0.2, -0.15) is 5.10 Å². The lowest BCUT2D eigenvalue weighted by Gasteiger charge is -2.21. The third-order valence-electron chi connectivity index (χ3n) is 3.23. The fraction of sp³-hybridized carbons (Fsp3) is 0.400. The fourth-order valence-corrected chi connectivity index (χ4v) is 3.15. The number of benzene rings is 1. The molecule has 0 saturated heterocycles. The summed E-state index contributed by atoms with van der Waals surface area (Å²) >= 11 is 15.8. The zero-order chi connectivity index (χ0) is 15.4. The Labute approximate surface area is 143 Å². The molecule has 0 aliphatic carbocycles. The van der Waals surface area contributed by atoms with Crippen molar-refractivity contribution in [1.29, 1.82) is 0 Å². The number of hydrogen-bond acceptors (Lipinski definition) is 2. The Morgan fingerprint density at radius 2 is 2.05 bits per heavy atom. The molecule has 0 aliphatic heterocycles. The SMILES string of the molecule is CCCn1ncc(Br)c1C(NCC)c1ccc(Cl)c(Cl)c1. The van der Waals surface area contributed by atoms with E-state index in [0.717, 1.165) is 35.2 Å². The molecule has 1 N–H and O–H groups in total. The van der Waals surface area contributed by atoms with Crippen molar-refractivity contribution >= 4 is 39.1 Å². The molecule has 1 unspecified atom stereocenters. The zero-order valence-electron chi connectivity index (χ0n) is 12.0. The molecule has 0 bridgehead atoms. The van der Waals surface area contributed by atoms with Gasteiger partial charge in [0.05, 0.1) is 32.5 Å². The van der Waals surface area contributed by atoms with Crippen LogP contribution in [0.2, 0.25) is 10.0 Å². The van der Waals surface area contributed by atoms with Crippen molar-refractivity contribution in [3.8, 4) is 0 Å². The van der Waals surface area contributed by atoms with Crippen LogP contribution in [0.4, 0.5) is 0 Å². The second-order valence-corrected chi connectivity index (χ2v) is 6.43. The molecule has 1 aromatic carbocycles. The third kappa shape index (κ3) is 3.81. The lowest BCUT2D eigenvalue weighted by molar-refractivity contribution is 0.519. The van der Waals surface area contributed by atoms with Crippen LogP contribution >= 0.6 is 39.1 Å². The van der Waals surface area contributed by atoms with Gasteiger partial charge in [0.1, 0.15) is 0 Å². The highest BCUT2D eigenvalue weighted by atomic mass is 79.9. The van der Waals surface area contributed by atoms with Gasteiger partial charge in [-0.3, -0.25) is 4.68 Å². The first-order chi connectivity index (χ1) is 10.1. The molecule has 0 amide bonds. The number of halogens is 3. The standard InChI is InChI=1S/C15H18BrCl2N3/c1-3-7-21-15(11(16)9-20-21)14(19-4-2)10-5-6-12(17)13(18)8-10/h5-6,8-9,14,19H,3-4,7H2,1-2H3. The summed E-state index contributed by atoms with van der Waals surface area (Å²) in [6.45, 7) is 5.94. The topological polar surface area (TPSA) is 29.9 Å². The van der Waals surface area contributed by atoms with E-state index in [-0.39, 0.29) is 6.04 Å². The number of rotatable bonds is 6. The molecule has 0 saturated carbocycles. The average molecular weight is 391 g/mol. The van der Waals surface area contributed by atoms with Gasteiger partial charge in [-0.25, -0.2) is 0 Å². The first-order valence-electron chi connectivity index (χ1n) is 6.98. The van der Waals surface area contributed by atoms with Gasteiger partial charge in [0.15, 0.2) is 0 Å². The van der Waals surface area contributed by atoms with Crippen LogP contribution in [0.15, 0.2) is 28.9 Å². The van der Waals surface area contributed by atoms with Crippen LogP contribution in [0, 0.1) is 0 Å². The fourth-order valence-electron chi connectivity index (χ4n) is 2.32. The summed E-state index contributed by atoms with van der Waals surface area (Å²) in [6, 6.07) is 5.76. The zero-order valence-corrected chi connectivity index (χ0v) is 15.1. The minimum atomic E-state index is 0.0215. The van der Waals surface area contributed by atoms with E-state index in [4.69, 9.17) is 23.2 Å². The van der Waals surface area contributed by atoms with Crippen molar-refractivity contribution < 1.29 is 0 Å². The summed E-state index contributed by atoms with van der Waals surface area (Å²) in [5.74, 6) is 0. The van der Waals surface area contributed by atoms with E-state index in [1.54, 1.807) is 0 Å². The first kappa shape index (κ1) is 16.8. The minimum Gasteiger partial charge on any atom is -0.305 e. The van der Waals surface area contributed by atoms with E-state index in [0.29, 0.717) is 10.0 Å². The second kappa shape index (κ2) is 7.63. The highest BCUT2D eigenvalue weighted by molar-refractivity contribution is 9.10. The van der Waals surface area contributed by atoms with Crippen molar-refractivity contribution in [3.63, 3.8) is 0 Å². The summed E-state index contributed by atoms with van der Waals surface area (Å²) in [5.41, 5.74) is 2.18. The number of hydrogen-bond donors (Lipinski definition) is 1. The molecule has 0 aliphatic rings. The second-order valence-electron chi connectivity index (χ2n) is 4.77. The van der Waals surface area contributed by atoms with Gasteiger partial charge >= 0.3 is 0 Å². The monoisotopic (exact) mass is 389 g/mol. The van der Waals surface area contributed by atoms with Crippen LogP contribution in [0.25, 0.3) is 0 Å². The summed E-state index contributed by atoms with van der Waals surface area (Å²) in [6.07, 6.45) is 2.87. The van der Waals surface area contributed by atoms with Gasteiger partial charge in [-0.1, -0.05) is 43.1 Å². The van der Waals surface area contributed by atoms with Gasteiger partial charge in [0, 0.05) is 6.54 Å². The van der Waals surface area contributed by atoms with Crippen molar-refractivity contribution in [2.45, 2.75) is 32.9 Å². The van der Waals surface area contributed by atoms with Crippen molar-refractivity contribution in [3.05, 3.63) is 50.2 Å². The normalized spacial score (nSPS) is 12.6. The summed E-state index contributed by atoms with van der Waals surface area (Å²) in [4.78, 5) is 0. The molecule has 1 aromatic heterocycles. The third-order valence-corrected chi connectivity index (χ3v) is 4.58. The van der Waals surface area contributed by atoms with Gasteiger partial charge in [0.2, 0.25) is 0 Å². The molecule has 1 atom stereocenters. The Morgan fingerprint density at radius 3 is 2.67 bits per heavy atom. The van der Waals surface area contributed by atoms with Gasteiger partial charge in [0.25, 0.3) is 0 Å². The van der Waals surface area contributed by atoms with Gasteiger partial charge in [-0.05, 0) is 46.6 Å². The van der Waals surface area contributed by atoms with E-state index in [9.17, 15) is 0 Å². The lowest BCUT2D eigenvalue weighted by atomic mass is 10.0. The van der Waals surface area contributed by atoms with E-state index >= 15 is 0 Å². The highest BCUT2D eigenvalue weighted by Crippen LogP contribution is 2.32. The van der Waals surface area contributed by atoms with Crippen LogP contribution in [0.1, 0.15) is 37.6 Å². The predicted molar refractivity (Wildman–Crippen MR) is 92.2 cm³/mol. The molecular formula is C15H18BrCl2N3. The summed E-state index contributed by atoms with van der Waals surface area (Å²) < 4.78 is 3.02. The molecule has 0 fully saturated rings. The van der Waals surface area contributed by atoms with Crippen LogP contribution in [0.5, 0.6) is 0 Å². The summed E-state index contributed by atoms with van der Waals surface area (Å²) in [7, 11) is 0. The van der Waals surface area contributed by atoms with E-state index in [2.05, 4.69) is 40.2 Å². The van der Waals surface area contributed by atoms with Crippen LogP contribution < -0.4 is 5.32 Å². The molecular weight excluding hydrogens is 373 g/mol. The molecule has 2 aromatic rings. The Hall–Kier alpha value is -0.550. The van der Waals surface area contributed by atoms with E-state index in [1.165, 1.54) is 0 Å². The maximum atomic E-state index is 6.17. The molecule has 6 heteroatoms. The molecule has 114 valence electrons. The van der Waals surface area contributed by atoms with E-state index in [1.807, 2.05) is 29.1 Å². The predicted octanol–water partition coefficient (Wildman–Crippen LogP) is 5.06. The maximum Gasteiger partial charge on any atom is 0.0760 e. The molecule has 21 heavy (non-hydrogen) atoms. The Bertz CT molecular complexity index is 613. The molecule has 0 radical (unpaired) electrons. The lowest BCUT2D eigenvalue weighted by Crippen LogP contribution is -2.25. The molecule has 3 nitrogen and oxygen atoms in total. The van der Waals surface area contributed by atoms with Crippen molar-refractivity contribution in [2.24, 2.45) is 0 Å². The van der Waals surface area contributed by atoms with Crippen LogP contribution in [-0.4, -0.2) is 16.3 Å². The number of nitrogens with zero attached hydrogens (tertiary/aromatic N) is 2. The quantitative estimate of drug-likeness (QED) is 0.746. The Kier molecular flexibility index (Phi) is 6.11. The van der Waals surface area contributed by atoms with E-state index < -0.39 is 0 Å². The van der Waals surface area contributed by atoms with Gasteiger partial charge < -0.3 is 5.32 Å². The van der Waals surface area contributed by atoms with Crippen molar-refractivity contribution in [1.82, 2.24) is 15.1 Å². The Morgan fingerprint density at radius 1 is 1.29 bits per heavy atom. The van der Waals surface area contributed by atoms with Crippen LogP contribution in [0.3, 0.4) is 0 Å². The number of nitrogens with one attached hydrogen (secondary N) is 1.